The summed E-state index contributed by atoms with van der Waals surface area (Å²) in [5.74, 6) is 3.30. The van der Waals surface area contributed by atoms with E-state index in [2.05, 4.69) is 29.7 Å². The minimum absolute atomic E-state index is 0. The molecule has 0 amide bonds. The Bertz CT molecular complexity index is 760. The summed E-state index contributed by atoms with van der Waals surface area (Å²) >= 11 is 0. The second-order valence-electron chi connectivity index (χ2n) is 6.29. The van der Waals surface area contributed by atoms with Crippen molar-refractivity contribution in [3.63, 3.8) is 0 Å². The standard InChI is InChI=1S/C19H22N2O4.2ClH/c1-13(21-10-15-3-5-17-19(7-15)25-12-23-17)8-20-9-14-2-4-16-18(6-14)24-11-22-16;;/h2-7,13,20-21H,8-12H2,1H3;2*1H. The van der Waals surface area contributed by atoms with Gasteiger partial charge in [0, 0.05) is 25.7 Å². The molecule has 8 heteroatoms. The number of hydrogen-bond donors (Lipinski definition) is 2. The lowest BCUT2D eigenvalue weighted by Crippen LogP contribution is -2.35. The monoisotopic (exact) mass is 414 g/mol. The lowest BCUT2D eigenvalue weighted by Gasteiger charge is -2.15. The highest BCUT2D eigenvalue weighted by Gasteiger charge is 2.14. The third-order valence-electron chi connectivity index (χ3n) is 4.31. The minimum Gasteiger partial charge on any atom is -0.454 e. The molecule has 0 fully saturated rings. The van der Waals surface area contributed by atoms with E-state index in [1.807, 2.05) is 24.3 Å². The maximum atomic E-state index is 5.41. The molecule has 148 valence electrons. The number of fused-ring (bicyclic) bond motifs is 2. The number of halogens is 2. The summed E-state index contributed by atoms with van der Waals surface area (Å²) < 4.78 is 21.5. The molecule has 2 N–H and O–H groups in total. The first-order chi connectivity index (χ1) is 12.3. The summed E-state index contributed by atoms with van der Waals surface area (Å²) in [6.07, 6.45) is 0. The maximum absolute atomic E-state index is 5.41. The number of hydrogen-bond acceptors (Lipinski definition) is 6. The van der Waals surface area contributed by atoms with Crippen LogP contribution in [0.3, 0.4) is 0 Å². The second-order valence-corrected chi connectivity index (χ2v) is 6.29. The van der Waals surface area contributed by atoms with Gasteiger partial charge in [-0.25, -0.2) is 0 Å². The van der Waals surface area contributed by atoms with Gasteiger partial charge in [-0.2, -0.15) is 0 Å². The van der Waals surface area contributed by atoms with Crippen LogP contribution >= 0.6 is 24.8 Å². The Morgan fingerprint density at radius 2 is 1.30 bits per heavy atom. The van der Waals surface area contributed by atoms with Crippen molar-refractivity contribution in [2.24, 2.45) is 0 Å². The molecular weight excluding hydrogens is 391 g/mol. The molecule has 2 aliphatic rings. The predicted octanol–water partition coefficient (Wildman–Crippen LogP) is 3.26. The maximum Gasteiger partial charge on any atom is 0.231 e. The number of rotatable bonds is 7. The van der Waals surface area contributed by atoms with E-state index < -0.39 is 0 Å². The van der Waals surface area contributed by atoms with Gasteiger partial charge in [0.05, 0.1) is 0 Å². The summed E-state index contributed by atoms with van der Waals surface area (Å²) in [5.41, 5.74) is 2.37. The molecule has 1 atom stereocenters. The Morgan fingerprint density at radius 3 is 1.89 bits per heavy atom. The molecule has 27 heavy (non-hydrogen) atoms. The van der Waals surface area contributed by atoms with E-state index in [0.717, 1.165) is 42.6 Å². The Labute approximate surface area is 171 Å². The zero-order valence-electron chi connectivity index (χ0n) is 15.0. The van der Waals surface area contributed by atoms with Gasteiger partial charge in [0.2, 0.25) is 13.6 Å². The van der Waals surface area contributed by atoms with Crippen LogP contribution in [0.2, 0.25) is 0 Å². The summed E-state index contributed by atoms with van der Waals surface area (Å²) in [6, 6.07) is 12.4. The predicted molar refractivity (Wildman–Crippen MR) is 108 cm³/mol. The third kappa shape index (κ3) is 5.32. The highest BCUT2D eigenvalue weighted by molar-refractivity contribution is 5.85. The van der Waals surface area contributed by atoms with E-state index in [-0.39, 0.29) is 24.8 Å². The molecule has 0 bridgehead atoms. The van der Waals surface area contributed by atoms with Crippen LogP contribution in [0.1, 0.15) is 18.1 Å². The molecule has 0 spiro atoms. The van der Waals surface area contributed by atoms with Gasteiger partial charge in [0.25, 0.3) is 0 Å². The van der Waals surface area contributed by atoms with Crippen LogP contribution in [0.4, 0.5) is 0 Å². The Morgan fingerprint density at radius 1 is 0.778 bits per heavy atom. The Balaban J connectivity index is 0.00000131. The number of nitrogens with one attached hydrogen (secondary N) is 2. The van der Waals surface area contributed by atoms with Crippen molar-refractivity contribution in [1.82, 2.24) is 10.6 Å². The van der Waals surface area contributed by atoms with Crippen molar-refractivity contribution in [3.05, 3.63) is 47.5 Å². The highest BCUT2D eigenvalue weighted by atomic mass is 35.5. The average molecular weight is 415 g/mol. The van der Waals surface area contributed by atoms with Gasteiger partial charge >= 0.3 is 0 Å². The van der Waals surface area contributed by atoms with Crippen LogP contribution < -0.4 is 29.6 Å². The minimum atomic E-state index is 0. The largest absolute Gasteiger partial charge is 0.454 e. The van der Waals surface area contributed by atoms with Crippen LogP contribution in [0.5, 0.6) is 23.0 Å². The molecule has 2 heterocycles. The summed E-state index contributed by atoms with van der Waals surface area (Å²) in [4.78, 5) is 0. The molecule has 2 aromatic carbocycles. The first kappa shape index (κ1) is 21.4. The van der Waals surface area contributed by atoms with Gasteiger partial charge in [0.15, 0.2) is 23.0 Å². The molecule has 2 aliphatic heterocycles. The van der Waals surface area contributed by atoms with Crippen LogP contribution in [-0.4, -0.2) is 26.2 Å². The van der Waals surface area contributed by atoms with Crippen molar-refractivity contribution < 1.29 is 18.9 Å². The summed E-state index contributed by atoms with van der Waals surface area (Å²) in [7, 11) is 0. The van der Waals surface area contributed by atoms with Crippen molar-refractivity contribution in [2.45, 2.75) is 26.1 Å². The lowest BCUT2D eigenvalue weighted by atomic mass is 10.2. The highest BCUT2D eigenvalue weighted by Crippen LogP contribution is 2.33. The molecule has 0 aliphatic carbocycles. The van der Waals surface area contributed by atoms with E-state index in [1.54, 1.807) is 0 Å². The molecular formula is C19H24Cl2N2O4. The van der Waals surface area contributed by atoms with Crippen molar-refractivity contribution in [2.75, 3.05) is 20.1 Å². The SMILES string of the molecule is CC(CNCc1ccc2c(c1)OCO2)NCc1ccc2c(c1)OCO2.Cl.Cl. The smallest absolute Gasteiger partial charge is 0.231 e. The van der Waals surface area contributed by atoms with E-state index in [1.165, 1.54) is 11.1 Å². The van der Waals surface area contributed by atoms with E-state index in [9.17, 15) is 0 Å². The Hall–Kier alpha value is -1.86. The first-order valence-electron chi connectivity index (χ1n) is 8.49. The fraction of sp³-hybridized carbons (Fsp3) is 0.368. The van der Waals surface area contributed by atoms with Crippen molar-refractivity contribution >= 4 is 24.8 Å². The van der Waals surface area contributed by atoms with Crippen molar-refractivity contribution in [3.8, 4) is 23.0 Å². The molecule has 2 aromatic rings. The third-order valence-corrected chi connectivity index (χ3v) is 4.31. The normalized spacial score (nSPS) is 14.3. The quantitative estimate of drug-likeness (QED) is 0.724. The van der Waals surface area contributed by atoms with Crippen LogP contribution in [0.15, 0.2) is 36.4 Å². The fourth-order valence-corrected chi connectivity index (χ4v) is 2.90. The zero-order chi connectivity index (χ0) is 17.1. The fourth-order valence-electron chi connectivity index (χ4n) is 2.90. The first-order valence-corrected chi connectivity index (χ1v) is 8.49. The number of ether oxygens (including phenoxy) is 4. The van der Waals surface area contributed by atoms with Gasteiger partial charge in [-0.1, -0.05) is 12.1 Å². The Kier molecular flexibility index (Phi) is 7.86. The van der Waals surface area contributed by atoms with Gasteiger partial charge in [-0.15, -0.1) is 24.8 Å². The van der Waals surface area contributed by atoms with Gasteiger partial charge in [-0.05, 0) is 42.3 Å². The lowest BCUT2D eigenvalue weighted by molar-refractivity contribution is 0.173. The molecule has 1 unspecified atom stereocenters. The summed E-state index contributed by atoms with van der Waals surface area (Å²) in [5, 5.41) is 6.98. The molecule has 0 radical (unpaired) electrons. The molecule has 0 saturated carbocycles. The van der Waals surface area contributed by atoms with Crippen LogP contribution in [-0.2, 0) is 13.1 Å². The topological polar surface area (TPSA) is 61.0 Å². The van der Waals surface area contributed by atoms with Crippen LogP contribution in [0.25, 0.3) is 0 Å². The van der Waals surface area contributed by atoms with Crippen LogP contribution in [0, 0.1) is 0 Å². The van der Waals surface area contributed by atoms with Gasteiger partial charge < -0.3 is 29.6 Å². The van der Waals surface area contributed by atoms with E-state index in [4.69, 9.17) is 18.9 Å². The average Bonchev–Trinajstić information content (AvgIpc) is 3.28. The second kappa shape index (κ2) is 9.90. The molecule has 6 nitrogen and oxygen atoms in total. The zero-order valence-corrected chi connectivity index (χ0v) is 16.7. The van der Waals surface area contributed by atoms with Gasteiger partial charge in [0.1, 0.15) is 0 Å². The molecule has 0 aromatic heterocycles. The van der Waals surface area contributed by atoms with E-state index >= 15 is 0 Å². The molecule has 4 rings (SSSR count). The summed E-state index contributed by atoms with van der Waals surface area (Å²) in [6.45, 7) is 5.26. The number of benzene rings is 2. The molecule has 0 saturated heterocycles. The van der Waals surface area contributed by atoms with Gasteiger partial charge in [-0.3, -0.25) is 0 Å². The van der Waals surface area contributed by atoms with Crippen molar-refractivity contribution in [1.29, 1.82) is 0 Å². The van der Waals surface area contributed by atoms with E-state index in [0.29, 0.717) is 19.6 Å².